The predicted molar refractivity (Wildman–Crippen MR) is 252 cm³/mol. The summed E-state index contributed by atoms with van der Waals surface area (Å²) < 4.78 is 3.35. The molecule has 0 aromatic heterocycles. The molecule has 2 nitrogen and oxygen atoms in total. The minimum absolute atomic E-state index is 0. The molecule has 0 saturated carbocycles. The second kappa shape index (κ2) is 7.87. The Morgan fingerprint density at radius 1 is 0.389 bits per heavy atom. The summed E-state index contributed by atoms with van der Waals surface area (Å²) >= 11 is 4.55. The summed E-state index contributed by atoms with van der Waals surface area (Å²) in [4.78, 5) is 0. The van der Waals surface area contributed by atoms with Crippen molar-refractivity contribution in [3.8, 4) is 0 Å². The quantitative estimate of drug-likeness (QED) is 0.0615. The van der Waals surface area contributed by atoms with Gasteiger partial charge in [0, 0.05) is 28.3 Å². The lowest BCUT2D eigenvalue weighted by Crippen LogP contribution is -2.36. The minimum atomic E-state index is 0. The molecular weight excluding hydrogens is 882 g/mol. The van der Waals surface area contributed by atoms with Crippen molar-refractivity contribution in [2.45, 2.75) is 32.4 Å². The number of rotatable bonds is 0. The van der Waals surface area contributed by atoms with Crippen molar-refractivity contribution in [3.63, 3.8) is 0 Å². The van der Waals surface area contributed by atoms with Crippen molar-refractivity contribution in [2.75, 3.05) is 43.7 Å². The molecular formula is C50H34I2N2+2. The number of hydrogen-bond acceptors (Lipinski definition) is 0. The lowest BCUT2D eigenvalue weighted by molar-refractivity contribution is -0.909. The Morgan fingerprint density at radius 2 is 0.704 bits per heavy atom. The highest BCUT2D eigenvalue weighted by molar-refractivity contribution is 14.2. The number of fused-ring (bicyclic) bond motifs is 11. The first-order chi connectivity index (χ1) is 25.7. The van der Waals surface area contributed by atoms with E-state index in [0.29, 0.717) is 11.8 Å². The minimum Gasteiger partial charge on any atom is -0.327 e. The Bertz CT molecular complexity index is 4080. The van der Waals surface area contributed by atoms with Gasteiger partial charge >= 0.3 is 0 Å². The highest BCUT2D eigenvalue weighted by atomic mass is 127. The van der Waals surface area contributed by atoms with Gasteiger partial charge in [-0.25, -0.2) is 0 Å². The van der Waals surface area contributed by atoms with E-state index in [1.165, 1.54) is 37.1 Å². The van der Waals surface area contributed by atoms with Gasteiger partial charge in [-0.1, -0.05) is 89.0 Å². The van der Waals surface area contributed by atoms with Gasteiger partial charge in [0.1, 0.15) is 13.1 Å². The van der Waals surface area contributed by atoms with Crippen molar-refractivity contribution in [1.29, 1.82) is 0 Å². The maximum absolute atomic E-state index is 2.59. The number of likely N-dealkylation sites (tertiary alicyclic amines) is 1. The number of alkyl halides is 2. The van der Waals surface area contributed by atoms with Crippen LogP contribution in [0.15, 0.2) is 36.4 Å². The summed E-state index contributed by atoms with van der Waals surface area (Å²) in [5.41, 5.74) is 6.87. The van der Waals surface area contributed by atoms with E-state index in [-0.39, 0.29) is 7.43 Å². The van der Waals surface area contributed by atoms with Crippen molar-refractivity contribution in [2.24, 2.45) is 0 Å². The molecule has 4 heteroatoms. The Hall–Kier alpha value is -3.56. The fourth-order valence-corrected chi connectivity index (χ4v) is 15.4. The standard InChI is InChI=1S/C48H28N2.CH2I2.CH4/c1-49(2)11-21-23(13-49)33-34-24-14-50(3,4)12-22(24)26-20-10-8-18-16-6-5-15-17-7-9-19-25(21)35-39-31(19)29(17)37-27(15)28(16)38-30(18)32(20)40-36(26)42(34)45(41(33)35)48-46(39)43(37)44(38)47(40)48;2-1-3;/h5-10,21,23H,11-14H2,1-4H3;1H2;1H4/q+2;;. The summed E-state index contributed by atoms with van der Waals surface area (Å²) in [7, 11) is 10.0. The second-order valence-corrected chi connectivity index (χ2v) is 23.8. The van der Waals surface area contributed by atoms with Crippen LogP contribution in [0, 0.1) is 0 Å². The molecule has 15 aromatic carbocycles. The van der Waals surface area contributed by atoms with Crippen molar-refractivity contribution < 1.29 is 8.97 Å². The van der Waals surface area contributed by atoms with Gasteiger partial charge in [0.15, 0.2) is 0 Å². The smallest absolute Gasteiger partial charge is 0.105 e. The molecule has 0 N–H and O–H groups in total. The lowest BCUT2D eigenvalue weighted by Gasteiger charge is -2.24. The number of benzene rings is 9. The fraction of sp³-hybridized carbons (Fsp3) is 0.240. The molecule has 1 fully saturated rings. The summed E-state index contributed by atoms with van der Waals surface area (Å²) in [6, 6.07) is 15.3. The van der Waals surface area contributed by atoms with E-state index >= 15 is 0 Å². The van der Waals surface area contributed by atoms with Gasteiger partial charge < -0.3 is 8.97 Å². The number of hydrogen-bond donors (Lipinski definition) is 0. The zero-order valence-corrected chi connectivity index (χ0v) is 34.1. The Morgan fingerprint density at radius 3 is 1.26 bits per heavy atom. The van der Waals surface area contributed by atoms with Gasteiger partial charge in [0.05, 0.1) is 43.7 Å². The second-order valence-electron chi connectivity index (χ2n) is 19.4. The molecule has 15 aromatic rings. The highest BCUT2D eigenvalue weighted by Crippen LogP contribution is 2.71. The maximum atomic E-state index is 2.59. The third-order valence-corrected chi connectivity index (χ3v) is 16.3. The fourth-order valence-electron chi connectivity index (χ4n) is 15.4. The average molecular weight is 917 g/mol. The Balaban J connectivity index is 0.000000681. The molecule has 2 heterocycles. The van der Waals surface area contributed by atoms with E-state index < -0.39 is 0 Å². The highest BCUT2D eigenvalue weighted by Gasteiger charge is 2.52. The van der Waals surface area contributed by atoms with Crippen LogP contribution in [0.25, 0.3) is 151 Å². The molecule has 2 atom stereocenters. The van der Waals surface area contributed by atoms with Crippen molar-refractivity contribution in [1.82, 2.24) is 0 Å². The Labute approximate surface area is 337 Å². The molecule has 54 heavy (non-hydrogen) atoms. The number of quaternary nitrogens is 2. The van der Waals surface area contributed by atoms with Crippen LogP contribution in [-0.4, -0.2) is 52.7 Å². The summed E-state index contributed by atoms with van der Waals surface area (Å²) in [5.74, 6) is 1.13. The van der Waals surface area contributed by atoms with Crippen LogP contribution in [0.4, 0.5) is 0 Å². The molecule has 1 saturated heterocycles. The molecule has 3 aliphatic rings. The predicted octanol–water partition coefficient (Wildman–Crippen LogP) is 13.9. The topological polar surface area (TPSA) is 0 Å². The zero-order chi connectivity index (χ0) is 34.4. The van der Waals surface area contributed by atoms with Crippen LogP contribution in [-0.2, 0) is 13.1 Å². The first-order valence-corrected chi connectivity index (χ1v) is 22.6. The van der Waals surface area contributed by atoms with Crippen molar-refractivity contribution >= 4 is 196 Å². The van der Waals surface area contributed by atoms with Crippen LogP contribution in [0.2, 0.25) is 0 Å². The molecule has 18 rings (SSSR count). The van der Waals surface area contributed by atoms with Gasteiger partial charge in [-0.05, 0) is 157 Å². The molecule has 0 amide bonds. The molecule has 256 valence electrons. The van der Waals surface area contributed by atoms with Crippen LogP contribution >= 0.6 is 45.2 Å². The monoisotopic (exact) mass is 916 g/mol. The zero-order valence-electron chi connectivity index (χ0n) is 29.8. The maximum Gasteiger partial charge on any atom is 0.105 e. The first-order valence-electron chi connectivity index (χ1n) is 19.5. The van der Waals surface area contributed by atoms with Crippen molar-refractivity contribution in [3.05, 3.63) is 58.7 Å². The van der Waals surface area contributed by atoms with Gasteiger partial charge in [-0.3, -0.25) is 0 Å². The van der Waals surface area contributed by atoms with E-state index in [9.17, 15) is 0 Å². The first kappa shape index (κ1) is 28.8. The molecule has 0 spiro atoms. The van der Waals surface area contributed by atoms with Gasteiger partial charge in [0.2, 0.25) is 0 Å². The van der Waals surface area contributed by atoms with Crippen LogP contribution < -0.4 is 0 Å². The number of likely N-dealkylation sites (N-methyl/N-ethyl adjacent to an activating group) is 1. The molecule has 0 bridgehead atoms. The van der Waals surface area contributed by atoms with Crippen LogP contribution in [0.5, 0.6) is 0 Å². The number of nitrogens with zero attached hydrogens (tertiary/aromatic N) is 2. The largest absolute Gasteiger partial charge is 0.327 e. The van der Waals surface area contributed by atoms with E-state index in [1.807, 2.05) is 0 Å². The van der Waals surface area contributed by atoms with Crippen LogP contribution in [0.1, 0.15) is 41.5 Å². The molecule has 0 radical (unpaired) electrons. The molecule has 1 aliphatic carbocycles. The van der Waals surface area contributed by atoms with Gasteiger partial charge in [0.25, 0.3) is 0 Å². The van der Waals surface area contributed by atoms with E-state index in [1.54, 1.807) is 152 Å². The SMILES string of the molecule is C.C[N+]1(C)Cc2c(c3c4ccc5c6ccc7c8ccc9c%10c%11c%12c(c2c2c3c3c4c5c4c6c7c5c8c9c%11c6c(c%122)c3c4c56)C2C[N+](C)(C)CC%102)C1.ICI. The number of halogens is 2. The van der Waals surface area contributed by atoms with Crippen LogP contribution in [0.3, 0.4) is 0 Å². The average Bonchev–Trinajstić information content (AvgIpc) is 3.97. The lowest BCUT2D eigenvalue weighted by atomic mass is 9.76. The Kier molecular flexibility index (Phi) is 4.19. The third kappa shape index (κ3) is 2.35. The van der Waals surface area contributed by atoms with Gasteiger partial charge in [-0.15, -0.1) is 0 Å². The summed E-state index contributed by atoms with van der Waals surface area (Å²) in [6.07, 6.45) is 0. The third-order valence-electron chi connectivity index (χ3n) is 16.3. The van der Waals surface area contributed by atoms with E-state index in [2.05, 4.69) is 110 Å². The van der Waals surface area contributed by atoms with E-state index in [0.717, 1.165) is 22.1 Å². The normalized spacial score (nSPS) is 21.4. The van der Waals surface area contributed by atoms with E-state index in [4.69, 9.17) is 0 Å². The van der Waals surface area contributed by atoms with Gasteiger partial charge in [-0.2, -0.15) is 0 Å². The summed E-state index contributed by atoms with van der Waals surface area (Å²) in [6.45, 7) is 4.74. The molecule has 2 aliphatic heterocycles. The summed E-state index contributed by atoms with van der Waals surface area (Å²) in [5, 5.41) is 44.8. The molecule has 2 unspecified atom stereocenters.